The summed E-state index contributed by atoms with van der Waals surface area (Å²) in [6, 6.07) is 9.64. The van der Waals surface area contributed by atoms with E-state index >= 15 is 0 Å². The number of para-hydroxylation sites is 1. The molecule has 1 heterocycles. The van der Waals surface area contributed by atoms with Crippen LogP contribution >= 0.6 is 0 Å². The second-order valence-corrected chi connectivity index (χ2v) is 5.70. The molecule has 1 atom stereocenters. The van der Waals surface area contributed by atoms with Gasteiger partial charge in [-0.05, 0) is 41.8 Å². The molecule has 0 aliphatic rings. The van der Waals surface area contributed by atoms with Crippen LogP contribution in [0.4, 0.5) is 5.95 Å². The predicted octanol–water partition coefficient (Wildman–Crippen LogP) is 1.87. The molecule has 0 saturated carbocycles. The van der Waals surface area contributed by atoms with Crippen LogP contribution in [0.1, 0.15) is 27.2 Å². The molecule has 2 aromatic rings. The van der Waals surface area contributed by atoms with E-state index in [1.807, 2.05) is 37.3 Å². The van der Waals surface area contributed by atoms with Gasteiger partial charge in [-0.15, -0.1) is 0 Å². The van der Waals surface area contributed by atoms with Crippen LogP contribution in [0.5, 0.6) is 0 Å². The van der Waals surface area contributed by atoms with Crippen LogP contribution in [0.3, 0.4) is 0 Å². The first-order valence-electron chi connectivity index (χ1n) is 6.78. The number of hydrogen-bond acceptors (Lipinski definition) is 5. The molecule has 2 N–H and O–H groups in total. The van der Waals surface area contributed by atoms with E-state index < -0.39 is 5.60 Å². The van der Waals surface area contributed by atoms with Crippen molar-refractivity contribution in [2.75, 3.05) is 11.9 Å². The molecule has 0 fully saturated rings. The summed E-state index contributed by atoms with van der Waals surface area (Å²) in [5.41, 5.74) is 0.0882. The quantitative estimate of drug-likeness (QED) is 0.841. The molecule has 0 amide bonds. The number of hydrogen-bond donors (Lipinski definition) is 2. The minimum absolute atomic E-state index is 0.401. The zero-order valence-corrected chi connectivity index (χ0v) is 12.1. The molecular weight excluding hydrogens is 254 g/mol. The van der Waals surface area contributed by atoms with Crippen LogP contribution in [-0.2, 0) is 0 Å². The van der Waals surface area contributed by atoms with Crippen LogP contribution in [0.25, 0.3) is 5.69 Å². The number of benzene rings is 1. The Bertz CT molecular complexity index is 536. The first-order valence-corrected chi connectivity index (χ1v) is 6.78. The van der Waals surface area contributed by atoms with Crippen LogP contribution < -0.4 is 5.32 Å². The lowest BCUT2D eigenvalue weighted by Crippen LogP contribution is -2.35. The fourth-order valence-corrected chi connectivity index (χ4v) is 2.26. The number of anilines is 1. The standard InChI is InChI=1S/C14H21N5O/c1-11(2)9-14(3,20)10-15-13-16-17-18-19(13)12-7-5-4-6-8-12/h4-8,11,20H,9-10H2,1-3H3,(H,15,16,18). The maximum Gasteiger partial charge on any atom is 0.247 e. The van der Waals surface area contributed by atoms with Gasteiger partial charge in [0.15, 0.2) is 0 Å². The third-order valence-corrected chi connectivity index (χ3v) is 2.95. The van der Waals surface area contributed by atoms with Crippen molar-refractivity contribution >= 4 is 5.95 Å². The summed E-state index contributed by atoms with van der Waals surface area (Å²) < 4.78 is 1.62. The Hall–Kier alpha value is -1.95. The lowest BCUT2D eigenvalue weighted by molar-refractivity contribution is 0.0513. The van der Waals surface area contributed by atoms with Gasteiger partial charge in [0.2, 0.25) is 5.95 Å². The summed E-state index contributed by atoms with van der Waals surface area (Å²) >= 11 is 0. The van der Waals surface area contributed by atoms with Crippen LogP contribution in [0.15, 0.2) is 30.3 Å². The van der Waals surface area contributed by atoms with Crippen molar-refractivity contribution in [1.29, 1.82) is 0 Å². The molecule has 1 unspecified atom stereocenters. The van der Waals surface area contributed by atoms with Gasteiger partial charge in [0.25, 0.3) is 0 Å². The highest BCUT2D eigenvalue weighted by atomic mass is 16.3. The average Bonchev–Trinajstić information content (AvgIpc) is 2.84. The van der Waals surface area contributed by atoms with Crippen molar-refractivity contribution in [3.63, 3.8) is 0 Å². The lowest BCUT2D eigenvalue weighted by atomic mass is 9.94. The molecule has 0 aliphatic carbocycles. The van der Waals surface area contributed by atoms with Gasteiger partial charge in [0.1, 0.15) is 0 Å². The van der Waals surface area contributed by atoms with E-state index in [-0.39, 0.29) is 0 Å². The summed E-state index contributed by atoms with van der Waals surface area (Å²) in [6.07, 6.45) is 0.715. The average molecular weight is 275 g/mol. The van der Waals surface area contributed by atoms with E-state index in [4.69, 9.17) is 0 Å². The zero-order chi connectivity index (χ0) is 14.6. The highest BCUT2D eigenvalue weighted by Crippen LogP contribution is 2.17. The Labute approximate surface area is 118 Å². The molecule has 1 aromatic heterocycles. The van der Waals surface area contributed by atoms with Gasteiger partial charge >= 0.3 is 0 Å². The number of nitrogens with zero attached hydrogens (tertiary/aromatic N) is 4. The summed E-state index contributed by atoms with van der Waals surface area (Å²) in [7, 11) is 0. The maximum absolute atomic E-state index is 10.3. The van der Waals surface area contributed by atoms with Gasteiger partial charge in [-0.3, -0.25) is 0 Å². The molecule has 2 rings (SSSR count). The molecule has 0 radical (unpaired) electrons. The van der Waals surface area contributed by atoms with E-state index in [2.05, 4.69) is 34.7 Å². The summed E-state index contributed by atoms with van der Waals surface area (Å²) in [6.45, 7) is 6.39. The highest BCUT2D eigenvalue weighted by molar-refractivity contribution is 5.38. The molecule has 108 valence electrons. The molecular formula is C14H21N5O. The molecule has 6 nitrogen and oxygen atoms in total. The molecule has 1 aromatic carbocycles. The highest BCUT2D eigenvalue weighted by Gasteiger charge is 2.22. The minimum atomic E-state index is -0.790. The lowest BCUT2D eigenvalue weighted by Gasteiger charge is -2.25. The van der Waals surface area contributed by atoms with Gasteiger partial charge in [-0.1, -0.05) is 37.1 Å². The number of aromatic nitrogens is 4. The van der Waals surface area contributed by atoms with E-state index in [1.165, 1.54) is 0 Å². The van der Waals surface area contributed by atoms with Crippen LogP contribution in [0.2, 0.25) is 0 Å². The van der Waals surface area contributed by atoms with Gasteiger partial charge in [-0.2, -0.15) is 4.68 Å². The second-order valence-electron chi connectivity index (χ2n) is 5.70. The Morgan fingerprint density at radius 3 is 2.65 bits per heavy atom. The first-order chi connectivity index (χ1) is 9.48. The molecule has 0 saturated heterocycles. The topological polar surface area (TPSA) is 75.9 Å². The van der Waals surface area contributed by atoms with Gasteiger partial charge in [-0.25, -0.2) is 0 Å². The van der Waals surface area contributed by atoms with Crippen LogP contribution in [0, 0.1) is 5.92 Å². The Morgan fingerprint density at radius 2 is 2.00 bits per heavy atom. The van der Waals surface area contributed by atoms with Gasteiger partial charge in [0, 0.05) is 6.54 Å². The van der Waals surface area contributed by atoms with Crippen LogP contribution in [-0.4, -0.2) is 37.5 Å². The Morgan fingerprint density at radius 1 is 1.30 bits per heavy atom. The zero-order valence-electron chi connectivity index (χ0n) is 12.1. The minimum Gasteiger partial charge on any atom is -0.388 e. The van der Waals surface area contributed by atoms with Crippen molar-refractivity contribution in [1.82, 2.24) is 20.2 Å². The normalized spacial score (nSPS) is 14.2. The Balaban J connectivity index is 2.07. The largest absolute Gasteiger partial charge is 0.388 e. The van der Waals surface area contributed by atoms with Gasteiger partial charge < -0.3 is 10.4 Å². The number of aliphatic hydroxyl groups is 1. The van der Waals surface area contributed by atoms with E-state index in [1.54, 1.807) is 4.68 Å². The van der Waals surface area contributed by atoms with Crippen molar-refractivity contribution in [3.8, 4) is 5.69 Å². The number of nitrogens with one attached hydrogen (secondary N) is 1. The van der Waals surface area contributed by atoms with Crippen molar-refractivity contribution in [2.24, 2.45) is 5.92 Å². The van der Waals surface area contributed by atoms with E-state index in [0.717, 1.165) is 5.69 Å². The number of tetrazole rings is 1. The molecule has 0 aliphatic heterocycles. The monoisotopic (exact) mass is 275 g/mol. The SMILES string of the molecule is CC(C)CC(C)(O)CNc1nnnn1-c1ccccc1. The predicted molar refractivity (Wildman–Crippen MR) is 77.7 cm³/mol. The van der Waals surface area contributed by atoms with Crippen molar-refractivity contribution in [2.45, 2.75) is 32.8 Å². The summed E-state index contributed by atoms with van der Waals surface area (Å²) in [4.78, 5) is 0. The molecule has 0 bridgehead atoms. The van der Waals surface area contributed by atoms with Crippen molar-refractivity contribution in [3.05, 3.63) is 30.3 Å². The number of rotatable bonds is 6. The molecule has 6 heteroatoms. The third kappa shape index (κ3) is 3.77. The maximum atomic E-state index is 10.3. The fourth-order valence-electron chi connectivity index (χ4n) is 2.26. The van der Waals surface area contributed by atoms with Crippen molar-refractivity contribution < 1.29 is 5.11 Å². The summed E-state index contributed by atoms with van der Waals surface area (Å²) in [5.74, 6) is 0.956. The van der Waals surface area contributed by atoms with E-state index in [0.29, 0.717) is 24.8 Å². The second kappa shape index (κ2) is 6.00. The van der Waals surface area contributed by atoms with Gasteiger partial charge in [0.05, 0.1) is 11.3 Å². The Kier molecular flexibility index (Phi) is 4.34. The summed E-state index contributed by atoms with van der Waals surface area (Å²) in [5, 5.41) is 25.0. The first kappa shape index (κ1) is 14.5. The van der Waals surface area contributed by atoms with E-state index in [9.17, 15) is 5.11 Å². The smallest absolute Gasteiger partial charge is 0.247 e. The fraction of sp³-hybridized carbons (Fsp3) is 0.500. The molecule has 0 spiro atoms. The third-order valence-electron chi connectivity index (χ3n) is 2.95. The molecule has 20 heavy (non-hydrogen) atoms.